The molecule has 0 saturated heterocycles. The minimum absolute atomic E-state index is 0.122. The van der Waals surface area contributed by atoms with Crippen molar-refractivity contribution in [2.45, 2.75) is 39.0 Å². The molecule has 0 fully saturated rings. The third kappa shape index (κ3) is 6.01. The second-order valence-electron chi connectivity index (χ2n) is 3.70. The molecule has 1 N–H and O–H groups in total. The number of hydrogen-bond acceptors (Lipinski definition) is 5. The molecule has 0 unspecified atom stereocenters. The first-order chi connectivity index (χ1) is 8.22. The number of carboxylic acids is 1. The molecule has 0 saturated carbocycles. The predicted molar refractivity (Wildman–Crippen MR) is 59.7 cm³/mol. The van der Waals surface area contributed by atoms with Gasteiger partial charge in [-0.25, -0.2) is 0 Å². The molecular formula is C11H18N2O4. The third-order valence-corrected chi connectivity index (χ3v) is 2.10. The zero-order valence-electron chi connectivity index (χ0n) is 10.0. The van der Waals surface area contributed by atoms with Gasteiger partial charge in [-0.05, 0) is 12.8 Å². The summed E-state index contributed by atoms with van der Waals surface area (Å²) < 4.78 is 10.7. The number of aryl methyl sites for hydroxylation is 1. The number of rotatable bonds is 9. The Morgan fingerprint density at radius 1 is 1.29 bits per heavy atom. The zero-order valence-corrected chi connectivity index (χ0v) is 10.0. The van der Waals surface area contributed by atoms with E-state index in [4.69, 9.17) is 14.3 Å². The highest BCUT2D eigenvalue weighted by Gasteiger charge is 2.06. The van der Waals surface area contributed by atoms with Crippen LogP contribution in [0.3, 0.4) is 0 Å². The van der Waals surface area contributed by atoms with E-state index in [-0.39, 0.29) is 6.42 Å². The van der Waals surface area contributed by atoms with Gasteiger partial charge >= 0.3 is 5.97 Å². The summed E-state index contributed by atoms with van der Waals surface area (Å²) in [4.78, 5) is 10.3. The maximum atomic E-state index is 10.3. The summed E-state index contributed by atoms with van der Waals surface area (Å²) in [5.74, 6) is 0.237. The highest BCUT2D eigenvalue weighted by Crippen LogP contribution is 2.05. The van der Waals surface area contributed by atoms with Crippen LogP contribution >= 0.6 is 0 Å². The van der Waals surface area contributed by atoms with Crippen LogP contribution in [-0.2, 0) is 22.4 Å². The van der Waals surface area contributed by atoms with Crippen LogP contribution in [0.2, 0.25) is 0 Å². The molecule has 1 rings (SSSR count). The molecule has 0 atom stereocenters. The average Bonchev–Trinajstić information content (AvgIpc) is 2.72. The first-order valence-corrected chi connectivity index (χ1v) is 5.83. The van der Waals surface area contributed by atoms with E-state index in [0.29, 0.717) is 37.7 Å². The Kier molecular flexibility index (Phi) is 6.24. The number of carbonyl (C=O) groups is 1. The highest BCUT2D eigenvalue weighted by atomic mass is 16.5. The number of ether oxygens (including phenoxy) is 1. The second kappa shape index (κ2) is 7.78. The van der Waals surface area contributed by atoms with E-state index in [1.807, 2.05) is 6.92 Å². The topological polar surface area (TPSA) is 85.5 Å². The standard InChI is InChI=1S/C11H18N2O4/c1-2-7-16-8-6-10-13-12-9(17-10)4-3-5-11(14)15/h2-8H2,1H3,(H,14,15). The fraction of sp³-hybridized carbons (Fsp3) is 0.727. The molecule has 96 valence electrons. The Labute approximate surface area is 100.0 Å². The van der Waals surface area contributed by atoms with Gasteiger partial charge in [0.2, 0.25) is 11.8 Å². The van der Waals surface area contributed by atoms with Crippen LogP contribution in [0.5, 0.6) is 0 Å². The largest absolute Gasteiger partial charge is 0.481 e. The van der Waals surface area contributed by atoms with Gasteiger partial charge < -0.3 is 14.3 Å². The van der Waals surface area contributed by atoms with Crippen molar-refractivity contribution in [3.63, 3.8) is 0 Å². The van der Waals surface area contributed by atoms with Crippen LogP contribution in [0.4, 0.5) is 0 Å². The molecule has 6 heteroatoms. The first kappa shape index (κ1) is 13.6. The lowest BCUT2D eigenvalue weighted by molar-refractivity contribution is -0.137. The average molecular weight is 242 g/mol. The summed E-state index contributed by atoms with van der Waals surface area (Å²) in [6.45, 7) is 3.36. The number of aromatic nitrogens is 2. The molecule has 17 heavy (non-hydrogen) atoms. The van der Waals surface area contributed by atoms with E-state index in [1.54, 1.807) is 0 Å². The molecular weight excluding hydrogens is 224 g/mol. The van der Waals surface area contributed by atoms with Crippen molar-refractivity contribution in [1.29, 1.82) is 0 Å². The number of carboxylic acid groups (broad SMARTS) is 1. The molecule has 6 nitrogen and oxygen atoms in total. The minimum Gasteiger partial charge on any atom is -0.481 e. The van der Waals surface area contributed by atoms with Crippen molar-refractivity contribution in [2.24, 2.45) is 0 Å². The van der Waals surface area contributed by atoms with E-state index >= 15 is 0 Å². The maximum Gasteiger partial charge on any atom is 0.303 e. The van der Waals surface area contributed by atoms with Gasteiger partial charge in [-0.3, -0.25) is 4.79 Å². The van der Waals surface area contributed by atoms with Crippen molar-refractivity contribution in [2.75, 3.05) is 13.2 Å². The molecule has 0 aromatic carbocycles. The summed E-state index contributed by atoms with van der Waals surface area (Å²) in [6.07, 6.45) is 2.74. The van der Waals surface area contributed by atoms with Crippen LogP contribution < -0.4 is 0 Å². The lowest BCUT2D eigenvalue weighted by atomic mass is 10.2. The second-order valence-corrected chi connectivity index (χ2v) is 3.70. The lowest BCUT2D eigenvalue weighted by Gasteiger charge is -1.98. The minimum atomic E-state index is -0.808. The lowest BCUT2D eigenvalue weighted by Crippen LogP contribution is -1.99. The van der Waals surface area contributed by atoms with Gasteiger partial charge in [0, 0.05) is 25.9 Å². The van der Waals surface area contributed by atoms with E-state index in [9.17, 15) is 4.79 Å². The van der Waals surface area contributed by atoms with Gasteiger partial charge in [0.1, 0.15) is 0 Å². The van der Waals surface area contributed by atoms with Gasteiger partial charge in [0.05, 0.1) is 6.61 Å². The molecule has 0 aliphatic heterocycles. The van der Waals surface area contributed by atoms with E-state index in [2.05, 4.69) is 10.2 Å². The molecule has 0 spiro atoms. The predicted octanol–water partition coefficient (Wildman–Crippen LogP) is 1.45. The van der Waals surface area contributed by atoms with Crippen LogP contribution in [-0.4, -0.2) is 34.5 Å². The van der Waals surface area contributed by atoms with E-state index in [1.165, 1.54) is 0 Å². The van der Waals surface area contributed by atoms with Crippen LogP contribution in [0.15, 0.2) is 4.42 Å². The number of hydrogen-bond donors (Lipinski definition) is 1. The molecule has 0 aliphatic carbocycles. The van der Waals surface area contributed by atoms with Crippen molar-refractivity contribution in [1.82, 2.24) is 10.2 Å². The monoisotopic (exact) mass is 242 g/mol. The summed E-state index contributed by atoms with van der Waals surface area (Å²) in [5.41, 5.74) is 0. The van der Waals surface area contributed by atoms with E-state index in [0.717, 1.165) is 13.0 Å². The number of nitrogens with zero attached hydrogens (tertiary/aromatic N) is 2. The van der Waals surface area contributed by atoms with Crippen molar-refractivity contribution in [3.8, 4) is 0 Å². The molecule has 0 bridgehead atoms. The summed E-state index contributed by atoms with van der Waals surface area (Å²) in [7, 11) is 0. The molecule has 0 aliphatic rings. The van der Waals surface area contributed by atoms with Crippen molar-refractivity contribution < 1.29 is 19.1 Å². The Morgan fingerprint density at radius 3 is 2.65 bits per heavy atom. The van der Waals surface area contributed by atoms with E-state index < -0.39 is 5.97 Å². The Bertz CT molecular complexity index is 338. The molecule has 0 amide bonds. The van der Waals surface area contributed by atoms with Crippen molar-refractivity contribution in [3.05, 3.63) is 11.8 Å². The Morgan fingerprint density at radius 2 is 2.00 bits per heavy atom. The fourth-order valence-corrected chi connectivity index (χ4v) is 1.29. The van der Waals surface area contributed by atoms with Gasteiger partial charge in [0.15, 0.2) is 0 Å². The SMILES string of the molecule is CCCOCCc1nnc(CCCC(=O)O)o1. The van der Waals surface area contributed by atoms with Gasteiger partial charge in [-0.2, -0.15) is 0 Å². The summed E-state index contributed by atoms with van der Waals surface area (Å²) in [6, 6.07) is 0. The smallest absolute Gasteiger partial charge is 0.303 e. The normalized spacial score (nSPS) is 10.6. The van der Waals surface area contributed by atoms with Gasteiger partial charge in [-0.15, -0.1) is 10.2 Å². The van der Waals surface area contributed by atoms with Crippen LogP contribution in [0.25, 0.3) is 0 Å². The quantitative estimate of drug-likeness (QED) is 0.659. The third-order valence-electron chi connectivity index (χ3n) is 2.10. The Balaban J connectivity index is 2.20. The fourth-order valence-electron chi connectivity index (χ4n) is 1.29. The first-order valence-electron chi connectivity index (χ1n) is 5.83. The molecule has 0 radical (unpaired) electrons. The van der Waals surface area contributed by atoms with Gasteiger partial charge in [0.25, 0.3) is 0 Å². The van der Waals surface area contributed by atoms with Crippen LogP contribution in [0.1, 0.15) is 38.0 Å². The summed E-state index contributed by atoms with van der Waals surface area (Å²) >= 11 is 0. The van der Waals surface area contributed by atoms with Gasteiger partial charge in [-0.1, -0.05) is 6.92 Å². The molecule has 1 aromatic rings. The zero-order chi connectivity index (χ0) is 12.5. The van der Waals surface area contributed by atoms with Crippen LogP contribution in [0, 0.1) is 0 Å². The number of aliphatic carboxylic acids is 1. The summed E-state index contributed by atoms with van der Waals surface area (Å²) in [5, 5.41) is 16.2. The maximum absolute atomic E-state index is 10.3. The Hall–Kier alpha value is -1.43. The molecule has 1 heterocycles. The van der Waals surface area contributed by atoms with Crippen molar-refractivity contribution >= 4 is 5.97 Å². The highest BCUT2D eigenvalue weighted by molar-refractivity contribution is 5.66. The molecule has 1 aromatic heterocycles.